The molecule has 0 saturated carbocycles. The number of ether oxygens (including phenoxy) is 1. The minimum Gasteiger partial charge on any atom is -0.406 e. The SMILES string of the molecule is CN1C(=O)N(c2ccc(OC(F)(F)F)cc2)C(=O)C1(C)C. The van der Waals surface area contributed by atoms with E-state index in [0.717, 1.165) is 17.0 Å². The third kappa shape index (κ3) is 2.65. The van der Waals surface area contributed by atoms with Gasteiger partial charge in [0.15, 0.2) is 0 Å². The molecule has 0 N–H and O–H groups in total. The smallest absolute Gasteiger partial charge is 0.406 e. The van der Waals surface area contributed by atoms with Crippen LogP contribution in [0, 0.1) is 0 Å². The first kappa shape index (κ1) is 15.1. The standard InChI is InChI=1S/C13H13F3N2O3/c1-12(2)10(19)18(11(20)17(12)3)8-4-6-9(7-5-8)21-13(14,15)16/h4-7H,1-3H3. The fraction of sp³-hybridized carbons (Fsp3) is 0.385. The number of rotatable bonds is 2. The molecule has 1 aromatic carbocycles. The van der Waals surface area contributed by atoms with Gasteiger partial charge in [-0.3, -0.25) is 4.79 Å². The molecule has 2 rings (SSSR count). The maximum Gasteiger partial charge on any atom is 0.573 e. The van der Waals surface area contributed by atoms with Crippen molar-refractivity contribution in [2.75, 3.05) is 11.9 Å². The van der Waals surface area contributed by atoms with Crippen LogP contribution in [0.5, 0.6) is 5.75 Å². The molecule has 5 nitrogen and oxygen atoms in total. The molecule has 1 aliphatic heterocycles. The largest absolute Gasteiger partial charge is 0.573 e. The van der Waals surface area contributed by atoms with Crippen molar-refractivity contribution in [3.63, 3.8) is 0 Å². The van der Waals surface area contributed by atoms with Crippen molar-refractivity contribution in [3.8, 4) is 5.75 Å². The predicted molar refractivity (Wildman–Crippen MR) is 67.8 cm³/mol. The highest BCUT2D eigenvalue weighted by Gasteiger charge is 2.49. The Bertz CT molecular complexity index is 581. The maximum absolute atomic E-state index is 12.2. The molecule has 0 aromatic heterocycles. The van der Waals surface area contributed by atoms with Crippen LogP contribution in [0.25, 0.3) is 0 Å². The van der Waals surface area contributed by atoms with Gasteiger partial charge in [-0.05, 0) is 38.1 Å². The Morgan fingerprint density at radius 1 is 1.10 bits per heavy atom. The van der Waals surface area contributed by atoms with Crippen LogP contribution in [-0.4, -0.2) is 35.8 Å². The number of imide groups is 1. The first-order valence-corrected chi connectivity index (χ1v) is 6.02. The van der Waals surface area contributed by atoms with Crippen molar-refractivity contribution in [2.24, 2.45) is 0 Å². The fourth-order valence-electron chi connectivity index (χ4n) is 1.92. The van der Waals surface area contributed by atoms with E-state index in [0.29, 0.717) is 0 Å². The molecular weight excluding hydrogens is 289 g/mol. The summed E-state index contributed by atoms with van der Waals surface area (Å²) in [6, 6.07) is 4.02. The van der Waals surface area contributed by atoms with Crippen LogP contribution in [0.15, 0.2) is 24.3 Å². The summed E-state index contributed by atoms with van der Waals surface area (Å²) in [7, 11) is 1.49. The van der Waals surface area contributed by atoms with Crippen molar-refractivity contribution in [2.45, 2.75) is 25.7 Å². The Morgan fingerprint density at radius 2 is 1.62 bits per heavy atom. The molecule has 0 bridgehead atoms. The summed E-state index contributed by atoms with van der Waals surface area (Å²) in [5.74, 6) is -0.863. The van der Waals surface area contributed by atoms with E-state index in [2.05, 4.69) is 4.74 Å². The van der Waals surface area contributed by atoms with E-state index in [1.165, 1.54) is 24.1 Å². The molecule has 0 atom stereocenters. The molecule has 1 aromatic rings. The zero-order valence-electron chi connectivity index (χ0n) is 11.6. The molecule has 1 saturated heterocycles. The Labute approximate surface area is 118 Å². The number of anilines is 1. The van der Waals surface area contributed by atoms with Crippen LogP contribution < -0.4 is 9.64 Å². The predicted octanol–water partition coefficient (Wildman–Crippen LogP) is 2.76. The number of hydrogen-bond acceptors (Lipinski definition) is 3. The van der Waals surface area contributed by atoms with Gasteiger partial charge in [-0.15, -0.1) is 13.2 Å². The second kappa shape index (κ2) is 4.64. The second-order valence-electron chi connectivity index (χ2n) is 5.08. The zero-order valence-corrected chi connectivity index (χ0v) is 11.6. The molecule has 1 fully saturated rings. The second-order valence-corrected chi connectivity index (χ2v) is 5.08. The van der Waals surface area contributed by atoms with Gasteiger partial charge in [-0.2, -0.15) is 0 Å². The molecule has 0 unspecified atom stereocenters. The topological polar surface area (TPSA) is 49.9 Å². The number of urea groups is 1. The van der Waals surface area contributed by atoms with Crippen LogP contribution in [-0.2, 0) is 4.79 Å². The Balaban J connectivity index is 2.28. The maximum atomic E-state index is 12.2. The number of hydrogen-bond donors (Lipinski definition) is 0. The van der Waals surface area contributed by atoms with Crippen LogP contribution in [0.2, 0.25) is 0 Å². The summed E-state index contributed by atoms with van der Waals surface area (Å²) in [4.78, 5) is 26.5. The number of likely N-dealkylation sites (N-methyl/N-ethyl adjacent to an activating group) is 1. The minimum absolute atomic E-state index is 0.192. The quantitative estimate of drug-likeness (QED) is 0.789. The monoisotopic (exact) mass is 302 g/mol. The van der Waals surface area contributed by atoms with E-state index in [9.17, 15) is 22.8 Å². The van der Waals surface area contributed by atoms with Crippen LogP contribution in [0.1, 0.15) is 13.8 Å². The van der Waals surface area contributed by atoms with E-state index in [1.807, 2.05) is 0 Å². The van der Waals surface area contributed by atoms with Gasteiger partial charge in [0.1, 0.15) is 11.3 Å². The van der Waals surface area contributed by atoms with Gasteiger partial charge in [0.25, 0.3) is 5.91 Å². The van der Waals surface area contributed by atoms with E-state index in [-0.39, 0.29) is 5.69 Å². The highest BCUT2D eigenvalue weighted by Crippen LogP contribution is 2.32. The summed E-state index contributed by atoms with van der Waals surface area (Å²) < 4.78 is 40.0. The van der Waals surface area contributed by atoms with Crippen LogP contribution in [0.3, 0.4) is 0 Å². The van der Waals surface area contributed by atoms with Gasteiger partial charge >= 0.3 is 12.4 Å². The fourth-order valence-corrected chi connectivity index (χ4v) is 1.92. The molecule has 114 valence electrons. The lowest BCUT2D eigenvalue weighted by Crippen LogP contribution is -2.41. The van der Waals surface area contributed by atoms with Gasteiger partial charge in [-0.25, -0.2) is 9.69 Å². The minimum atomic E-state index is -4.79. The Morgan fingerprint density at radius 3 is 2.00 bits per heavy atom. The number of alkyl halides is 3. The average Bonchev–Trinajstić information content (AvgIpc) is 2.51. The van der Waals surface area contributed by atoms with E-state index < -0.39 is 29.6 Å². The number of amides is 3. The van der Waals surface area contributed by atoms with Gasteiger partial charge in [-0.1, -0.05) is 0 Å². The van der Waals surface area contributed by atoms with Gasteiger partial charge in [0.2, 0.25) is 0 Å². The highest BCUT2D eigenvalue weighted by atomic mass is 19.4. The normalized spacial score (nSPS) is 18.4. The lowest BCUT2D eigenvalue weighted by atomic mass is 10.1. The summed E-state index contributed by atoms with van der Waals surface area (Å²) in [5.41, 5.74) is -0.810. The lowest BCUT2D eigenvalue weighted by Gasteiger charge is -2.22. The van der Waals surface area contributed by atoms with Crippen molar-refractivity contribution in [3.05, 3.63) is 24.3 Å². The molecule has 21 heavy (non-hydrogen) atoms. The lowest BCUT2D eigenvalue weighted by molar-refractivity contribution is -0.274. The Kier molecular flexibility index (Phi) is 3.35. The van der Waals surface area contributed by atoms with E-state index in [4.69, 9.17) is 0 Å². The third-order valence-corrected chi connectivity index (χ3v) is 3.37. The number of carbonyl (C=O) groups is 2. The average molecular weight is 302 g/mol. The van der Waals surface area contributed by atoms with E-state index >= 15 is 0 Å². The molecule has 1 heterocycles. The van der Waals surface area contributed by atoms with E-state index in [1.54, 1.807) is 13.8 Å². The number of halogens is 3. The summed E-state index contributed by atoms with van der Waals surface area (Å²) >= 11 is 0. The van der Waals surface area contributed by atoms with Crippen molar-refractivity contribution in [1.29, 1.82) is 0 Å². The van der Waals surface area contributed by atoms with Gasteiger partial charge < -0.3 is 9.64 Å². The molecular formula is C13H13F3N2O3. The van der Waals surface area contributed by atoms with Crippen molar-refractivity contribution in [1.82, 2.24) is 4.90 Å². The summed E-state index contributed by atoms with van der Waals surface area (Å²) in [5, 5.41) is 0. The first-order chi connectivity index (χ1) is 9.54. The van der Waals surface area contributed by atoms with Crippen LogP contribution >= 0.6 is 0 Å². The number of benzene rings is 1. The number of nitrogens with zero attached hydrogens (tertiary/aromatic N) is 2. The molecule has 3 amide bonds. The third-order valence-electron chi connectivity index (χ3n) is 3.37. The number of carbonyl (C=O) groups excluding carboxylic acids is 2. The van der Waals surface area contributed by atoms with Crippen LogP contribution in [0.4, 0.5) is 23.7 Å². The highest BCUT2D eigenvalue weighted by molar-refractivity contribution is 6.22. The van der Waals surface area contributed by atoms with Crippen molar-refractivity contribution >= 4 is 17.6 Å². The molecule has 1 aliphatic rings. The molecule has 8 heteroatoms. The van der Waals surface area contributed by atoms with Gasteiger partial charge in [0, 0.05) is 7.05 Å². The Hall–Kier alpha value is -2.25. The molecule has 0 spiro atoms. The first-order valence-electron chi connectivity index (χ1n) is 6.02. The molecule has 0 radical (unpaired) electrons. The summed E-state index contributed by atoms with van der Waals surface area (Å²) in [6.45, 7) is 3.18. The summed E-state index contributed by atoms with van der Waals surface area (Å²) in [6.07, 6.45) is -4.79. The van der Waals surface area contributed by atoms with Crippen molar-refractivity contribution < 1.29 is 27.5 Å². The van der Waals surface area contributed by atoms with Gasteiger partial charge in [0.05, 0.1) is 5.69 Å². The molecule has 0 aliphatic carbocycles. The zero-order chi connectivity index (χ0) is 16.0.